The van der Waals surface area contributed by atoms with Crippen molar-refractivity contribution in [2.75, 3.05) is 5.32 Å². The Kier molecular flexibility index (Phi) is 3.34. The number of rotatable bonds is 3. The van der Waals surface area contributed by atoms with Crippen LogP contribution in [0.25, 0.3) is 0 Å². The topological polar surface area (TPSA) is 121 Å². The molecule has 3 N–H and O–H groups in total. The third-order valence-corrected chi connectivity index (χ3v) is 2.55. The summed E-state index contributed by atoms with van der Waals surface area (Å²) in [7, 11) is 0. The van der Waals surface area contributed by atoms with Gasteiger partial charge < -0.3 is 10.4 Å². The number of phenols is 1. The number of nitro groups is 1. The number of hydrogen-bond donors (Lipinski definition) is 3. The number of aromatic nitrogens is 2. The van der Waals surface area contributed by atoms with Gasteiger partial charge in [0.1, 0.15) is 11.9 Å². The number of H-pyrrole nitrogens is 1. The molecule has 8 nitrogen and oxygen atoms in total. The summed E-state index contributed by atoms with van der Waals surface area (Å²) in [5.74, 6) is -0.863. The second-order valence-electron chi connectivity index (χ2n) is 3.51. The van der Waals surface area contributed by atoms with Gasteiger partial charge in [0.2, 0.25) is 5.69 Å². The van der Waals surface area contributed by atoms with Crippen molar-refractivity contribution in [1.82, 2.24) is 10.2 Å². The van der Waals surface area contributed by atoms with Gasteiger partial charge in [0.25, 0.3) is 5.91 Å². The van der Waals surface area contributed by atoms with Crippen LogP contribution >= 0.6 is 11.6 Å². The number of carbonyl (C=O) groups excluding carboxylic acids is 1. The Bertz CT molecular complexity index is 655. The van der Waals surface area contributed by atoms with Crippen LogP contribution in [0.5, 0.6) is 5.75 Å². The number of aromatic amines is 1. The highest BCUT2D eigenvalue weighted by atomic mass is 35.5. The van der Waals surface area contributed by atoms with Crippen LogP contribution in [-0.2, 0) is 0 Å². The van der Waals surface area contributed by atoms with E-state index in [0.717, 1.165) is 6.20 Å². The molecule has 98 valence electrons. The Morgan fingerprint density at radius 1 is 1.53 bits per heavy atom. The van der Waals surface area contributed by atoms with E-state index in [1.165, 1.54) is 18.2 Å². The quantitative estimate of drug-likeness (QED) is 0.451. The van der Waals surface area contributed by atoms with Crippen molar-refractivity contribution < 1.29 is 14.8 Å². The molecule has 2 rings (SSSR count). The van der Waals surface area contributed by atoms with Gasteiger partial charge in [-0.25, -0.2) is 0 Å². The van der Waals surface area contributed by atoms with Gasteiger partial charge in [-0.15, -0.1) is 0 Å². The molecule has 19 heavy (non-hydrogen) atoms. The average Bonchev–Trinajstić information content (AvgIpc) is 2.83. The van der Waals surface area contributed by atoms with Crippen molar-refractivity contribution in [3.8, 4) is 5.75 Å². The zero-order valence-corrected chi connectivity index (χ0v) is 10.0. The molecule has 1 amide bonds. The lowest BCUT2D eigenvalue weighted by atomic mass is 10.3. The van der Waals surface area contributed by atoms with E-state index in [0.29, 0.717) is 0 Å². The first kappa shape index (κ1) is 12.8. The Labute approximate surface area is 111 Å². The van der Waals surface area contributed by atoms with E-state index in [1.807, 2.05) is 0 Å². The lowest BCUT2D eigenvalue weighted by Gasteiger charge is -2.04. The molecular formula is C10H7ClN4O4. The molecule has 0 unspecified atom stereocenters. The highest BCUT2D eigenvalue weighted by Crippen LogP contribution is 2.26. The van der Waals surface area contributed by atoms with Gasteiger partial charge in [-0.2, -0.15) is 5.10 Å². The number of carbonyl (C=O) groups is 1. The second-order valence-corrected chi connectivity index (χ2v) is 3.91. The monoisotopic (exact) mass is 282 g/mol. The van der Waals surface area contributed by atoms with E-state index in [4.69, 9.17) is 11.6 Å². The maximum atomic E-state index is 11.8. The average molecular weight is 283 g/mol. The third kappa shape index (κ3) is 2.63. The minimum atomic E-state index is -0.731. The smallest absolute Gasteiger partial charge is 0.319 e. The number of benzene rings is 1. The molecule has 0 aliphatic carbocycles. The van der Waals surface area contributed by atoms with Crippen LogP contribution < -0.4 is 5.32 Å². The highest BCUT2D eigenvalue weighted by molar-refractivity contribution is 6.32. The summed E-state index contributed by atoms with van der Waals surface area (Å²) in [5.41, 5.74) is -0.409. The number of hydrogen-bond acceptors (Lipinski definition) is 5. The summed E-state index contributed by atoms with van der Waals surface area (Å²) < 4.78 is 0. The van der Waals surface area contributed by atoms with E-state index in [9.17, 15) is 20.0 Å². The summed E-state index contributed by atoms with van der Waals surface area (Å²) in [6.07, 6.45) is 0.943. The minimum absolute atomic E-state index is 0.0527. The number of halogens is 1. The first-order valence-electron chi connectivity index (χ1n) is 4.96. The molecule has 0 fully saturated rings. The summed E-state index contributed by atoms with van der Waals surface area (Å²) in [5, 5.41) is 28.0. The van der Waals surface area contributed by atoms with Gasteiger partial charge in [0.05, 0.1) is 9.95 Å². The fourth-order valence-electron chi connectivity index (χ4n) is 1.36. The maximum absolute atomic E-state index is 11.8. The molecule has 2 aromatic rings. The molecule has 0 radical (unpaired) electrons. The number of nitrogens with one attached hydrogen (secondary N) is 2. The van der Waals surface area contributed by atoms with Crippen molar-refractivity contribution in [1.29, 1.82) is 0 Å². The Morgan fingerprint density at radius 2 is 2.26 bits per heavy atom. The molecule has 0 bridgehead atoms. The first-order chi connectivity index (χ1) is 8.99. The van der Waals surface area contributed by atoms with Crippen LogP contribution in [0.3, 0.4) is 0 Å². The Hall–Kier alpha value is -2.61. The summed E-state index contributed by atoms with van der Waals surface area (Å²) in [6.45, 7) is 0. The van der Waals surface area contributed by atoms with Gasteiger partial charge in [-0.05, 0) is 18.2 Å². The normalized spacial score (nSPS) is 10.2. The first-order valence-corrected chi connectivity index (χ1v) is 5.34. The van der Waals surface area contributed by atoms with Gasteiger partial charge >= 0.3 is 5.69 Å². The fraction of sp³-hybridized carbons (Fsp3) is 0. The van der Waals surface area contributed by atoms with E-state index in [1.54, 1.807) is 0 Å². The highest BCUT2D eigenvalue weighted by Gasteiger charge is 2.22. The summed E-state index contributed by atoms with van der Waals surface area (Å²) in [4.78, 5) is 21.7. The summed E-state index contributed by atoms with van der Waals surface area (Å²) in [6, 6.07) is 4.01. The van der Waals surface area contributed by atoms with Crippen LogP contribution in [-0.4, -0.2) is 26.1 Å². The van der Waals surface area contributed by atoms with Crippen molar-refractivity contribution in [2.45, 2.75) is 0 Å². The van der Waals surface area contributed by atoms with Crippen LogP contribution in [0.15, 0.2) is 24.4 Å². The van der Waals surface area contributed by atoms with Crippen molar-refractivity contribution in [3.63, 3.8) is 0 Å². The van der Waals surface area contributed by atoms with E-state index in [2.05, 4.69) is 15.5 Å². The van der Waals surface area contributed by atoms with Crippen LogP contribution in [0, 0.1) is 10.1 Å². The molecule has 0 atom stereocenters. The molecule has 0 aliphatic rings. The predicted octanol–water partition coefficient (Wildman–Crippen LogP) is 1.93. The lowest BCUT2D eigenvalue weighted by Crippen LogP contribution is -2.14. The molecular weight excluding hydrogens is 276 g/mol. The molecule has 0 saturated heterocycles. The minimum Gasteiger partial charge on any atom is -0.506 e. The van der Waals surface area contributed by atoms with Crippen LogP contribution in [0.4, 0.5) is 11.4 Å². The zero-order chi connectivity index (χ0) is 14.0. The lowest BCUT2D eigenvalue weighted by molar-refractivity contribution is -0.385. The van der Waals surface area contributed by atoms with Gasteiger partial charge in [-0.1, -0.05) is 11.6 Å². The molecule has 0 spiro atoms. The van der Waals surface area contributed by atoms with Gasteiger partial charge in [0, 0.05) is 5.69 Å². The zero-order valence-electron chi connectivity index (χ0n) is 9.25. The van der Waals surface area contributed by atoms with Crippen molar-refractivity contribution >= 4 is 28.9 Å². The Balaban J connectivity index is 2.23. The molecule has 9 heteroatoms. The SMILES string of the molecule is O=C(Nc1ccc(O)c(Cl)c1)c1[nH]ncc1[N+](=O)[O-]. The maximum Gasteiger partial charge on any atom is 0.319 e. The largest absolute Gasteiger partial charge is 0.506 e. The van der Waals surface area contributed by atoms with Crippen LogP contribution in [0.1, 0.15) is 10.5 Å². The van der Waals surface area contributed by atoms with E-state index in [-0.39, 0.29) is 22.2 Å². The summed E-state index contributed by atoms with van der Waals surface area (Å²) >= 11 is 5.67. The molecule has 0 saturated carbocycles. The number of phenolic OH excluding ortho intramolecular Hbond substituents is 1. The van der Waals surface area contributed by atoms with Crippen molar-refractivity contribution in [3.05, 3.63) is 45.2 Å². The van der Waals surface area contributed by atoms with E-state index < -0.39 is 16.5 Å². The standard InChI is InChI=1S/C10H7ClN4O4/c11-6-3-5(1-2-8(6)16)13-10(17)9-7(15(18)19)4-12-14-9/h1-4,16H,(H,12,14)(H,13,17). The number of nitrogens with zero attached hydrogens (tertiary/aromatic N) is 2. The molecule has 1 aromatic carbocycles. The van der Waals surface area contributed by atoms with E-state index >= 15 is 0 Å². The number of amides is 1. The third-order valence-electron chi connectivity index (χ3n) is 2.25. The number of aromatic hydroxyl groups is 1. The fourth-order valence-corrected chi connectivity index (χ4v) is 1.54. The molecule has 1 aromatic heterocycles. The van der Waals surface area contributed by atoms with Gasteiger partial charge in [-0.3, -0.25) is 20.0 Å². The molecule has 0 aliphatic heterocycles. The van der Waals surface area contributed by atoms with Gasteiger partial charge in [0.15, 0.2) is 0 Å². The Morgan fingerprint density at radius 3 is 2.89 bits per heavy atom. The predicted molar refractivity (Wildman–Crippen MR) is 66.3 cm³/mol. The second kappa shape index (κ2) is 4.94. The van der Waals surface area contributed by atoms with Crippen LogP contribution in [0.2, 0.25) is 5.02 Å². The number of anilines is 1. The molecule has 1 heterocycles. The van der Waals surface area contributed by atoms with Crippen molar-refractivity contribution in [2.24, 2.45) is 0 Å².